The number of phenolic OH excluding ortho intramolecular Hbond substituents is 1. The van der Waals surface area contributed by atoms with Gasteiger partial charge in [0.1, 0.15) is 17.4 Å². The summed E-state index contributed by atoms with van der Waals surface area (Å²) in [6.45, 7) is 1.33. The van der Waals surface area contributed by atoms with Crippen LogP contribution >= 0.6 is 22.6 Å². The Morgan fingerprint density at radius 1 is 1.45 bits per heavy atom. The summed E-state index contributed by atoms with van der Waals surface area (Å²) >= 11 is 1.62. The Morgan fingerprint density at radius 2 is 2.00 bits per heavy atom. The average Bonchev–Trinajstić information content (AvgIpc) is 1.97. The maximum Gasteiger partial charge on any atom is 0.146 e. The minimum absolute atomic E-state index is 0.0569. The predicted molar refractivity (Wildman–Crippen MR) is 45.5 cm³/mol. The molecular weight excluding hydrogens is 265 g/mol. The molecule has 1 aromatic rings. The van der Waals surface area contributed by atoms with Crippen LogP contribution in [0.4, 0.5) is 8.78 Å². The molecule has 0 amide bonds. The molecule has 11 heavy (non-hydrogen) atoms. The summed E-state index contributed by atoms with van der Waals surface area (Å²) in [5, 5.41) is 8.92. The maximum atomic E-state index is 12.8. The number of hydrogen-bond donors (Lipinski definition) is 1. The third kappa shape index (κ3) is 1.45. The molecule has 0 bridgehead atoms. The quantitative estimate of drug-likeness (QED) is 0.567. The van der Waals surface area contributed by atoms with E-state index in [9.17, 15) is 8.78 Å². The van der Waals surface area contributed by atoms with Gasteiger partial charge < -0.3 is 5.11 Å². The SMILES string of the molecule is Cc1c(F)cc(O)c(I)c1F. The fourth-order valence-corrected chi connectivity index (χ4v) is 1.23. The van der Waals surface area contributed by atoms with Crippen LogP contribution in [0.5, 0.6) is 5.75 Å². The number of phenols is 1. The summed E-state index contributed by atoms with van der Waals surface area (Å²) in [5.41, 5.74) is -0.0628. The lowest BCUT2D eigenvalue weighted by atomic mass is 10.2. The van der Waals surface area contributed by atoms with Crippen molar-refractivity contribution in [3.05, 3.63) is 26.8 Å². The highest BCUT2D eigenvalue weighted by atomic mass is 127. The molecule has 0 aliphatic rings. The van der Waals surface area contributed by atoms with Crippen molar-refractivity contribution in [1.29, 1.82) is 0 Å². The summed E-state index contributed by atoms with van der Waals surface area (Å²) in [5.74, 6) is -1.77. The van der Waals surface area contributed by atoms with E-state index < -0.39 is 11.6 Å². The molecule has 0 unspecified atom stereocenters. The Morgan fingerprint density at radius 3 is 2.55 bits per heavy atom. The first-order chi connectivity index (χ1) is 5.04. The van der Waals surface area contributed by atoms with Gasteiger partial charge in [0.15, 0.2) is 0 Å². The molecule has 1 aromatic carbocycles. The average molecular weight is 270 g/mol. The summed E-state index contributed by atoms with van der Waals surface area (Å²) in [6, 6.07) is 0.903. The van der Waals surface area contributed by atoms with Gasteiger partial charge in [0.2, 0.25) is 0 Å². The van der Waals surface area contributed by atoms with E-state index in [1.807, 2.05) is 0 Å². The van der Waals surface area contributed by atoms with E-state index in [1.54, 1.807) is 22.6 Å². The van der Waals surface area contributed by atoms with E-state index in [0.29, 0.717) is 0 Å². The maximum absolute atomic E-state index is 12.8. The zero-order valence-electron chi connectivity index (χ0n) is 5.66. The van der Waals surface area contributed by atoms with Crippen molar-refractivity contribution in [1.82, 2.24) is 0 Å². The van der Waals surface area contributed by atoms with E-state index >= 15 is 0 Å². The van der Waals surface area contributed by atoms with Gasteiger partial charge in [-0.15, -0.1) is 0 Å². The standard InChI is InChI=1S/C7H5F2IO/c1-3-4(8)2-5(11)7(10)6(3)9/h2,11H,1H3. The highest BCUT2D eigenvalue weighted by Crippen LogP contribution is 2.26. The molecule has 0 atom stereocenters. The van der Waals surface area contributed by atoms with Gasteiger partial charge in [-0.3, -0.25) is 0 Å². The number of hydrogen-bond acceptors (Lipinski definition) is 1. The first-order valence-corrected chi connectivity index (χ1v) is 3.95. The molecular formula is C7H5F2IO. The van der Waals surface area contributed by atoms with E-state index in [1.165, 1.54) is 6.92 Å². The summed E-state index contributed by atoms with van der Waals surface area (Å²) in [4.78, 5) is 0. The summed E-state index contributed by atoms with van der Waals surface area (Å²) in [7, 11) is 0. The molecule has 60 valence electrons. The Bertz CT molecular complexity index is 273. The molecule has 4 heteroatoms. The van der Waals surface area contributed by atoms with Gasteiger partial charge in [-0.05, 0) is 29.5 Å². The topological polar surface area (TPSA) is 20.2 Å². The molecule has 0 saturated heterocycles. The molecule has 1 N–H and O–H groups in total. The number of aromatic hydroxyl groups is 1. The molecule has 0 aliphatic heterocycles. The van der Waals surface area contributed by atoms with Crippen molar-refractivity contribution in [3.63, 3.8) is 0 Å². The van der Waals surface area contributed by atoms with Gasteiger partial charge in [0.05, 0.1) is 3.57 Å². The van der Waals surface area contributed by atoms with Crippen molar-refractivity contribution in [2.45, 2.75) is 6.92 Å². The van der Waals surface area contributed by atoms with Crippen LogP contribution in [0, 0.1) is 22.1 Å². The zero-order valence-corrected chi connectivity index (χ0v) is 7.82. The van der Waals surface area contributed by atoms with Gasteiger partial charge in [-0.2, -0.15) is 0 Å². The molecule has 0 aliphatic carbocycles. The smallest absolute Gasteiger partial charge is 0.146 e. The lowest BCUT2D eigenvalue weighted by Crippen LogP contribution is -1.92. The number of benzene rings is 1. The van der Waals surface area contributed by atoms with Gasteiger partial charge in [0, 0.05) is 11.6 Å². The molecule has 0 aromatic heterocycles. The molecule has 1 nitrogen and oxygen atoms in total. The van der Waals surface area contributed by atoms with Crippen LogP contribution in [0.3, 0.4) is 0 Å². The highest BCUT2D eigenvalue weighted by molar-refractivity contribution is 14.1. The number of rotatable bonds is 0. The van der Waals surface area contributed by atoms with Crippen LogP contribution in [-0.4, -0.2) is 5.11 Å². The Balaban J connectivity index is 3.46. The Labute approximate surface area is 76.2 Å². The van der Waals surface area contributed by atoms with Gasteiger partial charge in [-0.1, -0.05) is 0 Å². The molecule has 0 fully saturated rings. The molecule has 0 spiro atoms. The third-order valence-corrected chi connectivity index (χ3v) is 2.39. The van der Waals surface area contributed by atoms with Crippen LogP contribution in [-0.2, 0) is 0 Å². The zero-order chi connectivity index (χ0) is 8.59. The number of halogens is 3. The van der Waals surface area contributed by atoms with Crippen molar-refractivity contribution < 1.29 is 13.9 Å². The molecule has 0 heterocycles. The largest absolute Gasteiger partial charge is 0.507 e. The molecule has 1 rings (SSSR count). The summed E-state index contributed by atoms with van der Waals surface area (Å²) < 4.78 is 25.5. The Kier molecular flexibility index (Phi) is 2.31. The fourth-order valence-electron chi connectivity index (χ4n) is 0.674. The van der Waals surface area contributed by atoms with Crippen molar-refractivity contribution >= 4 is 22.6 Å². The minimum Gasteiger partial charge on any atom is -0.507 e. The minimum atomic E-state index is -0.722. The van der Waals surface area contributed by atoms with E-state index in [2.05, 4.69) is 0 Å². The normalized spacial score (nSPS) is 10.2. The van der Waals surface area contributed by atoms with Crippen molar-refractivity contribution in [2.24, 2.45) is 0 Å². The second-order valence-electron chi connectivity index (χ2n) is 2.13. The molecule has 0 radical (unpaired) electrons. The van der Waals surface area contributed by atoms with Crippen LogP contribution in [0.1, 0.15) is 5.56 Å². The summed E-state index contributed by atoms with van der Waals surface area (Å²) in [6.07, 6.45) is 0. The van der Waals surface area contributed by atoms with E-state index in [-0.39, 0.29) is 14.9 Å². The van der Waals surface area contributed by atoms with Crippen LogP contribution in [0.2, 0.25) is 0 Å². The van der Waals surface area contributed by atoms with E-state index in [4.69, 9.17) is 5.11 Å². The van der Waals surface area contributed by atoms with Gasteiger partial charge >= 0.3 is 0 Å². The highest BCUT2D eigenvalue weighted by Gasteiger charge is 2.12. The van der Waals surface area contributed by atoms with Crippen LogP contribution < -0.4 is 0 Å². The third-order valence-electron chi connectivity index (χ3n) is 1.37. The predicted octanol–water partition coefficient (Wildman–Crippen LogP) is 2.58. The first-order valence-electron chi connectivity index (χ1n) is 2.87. The van der Waals surface area contributed by atoms with Gasteiger partial charge in [0.25, 0.3) is 0 Å². The monoisotopic (exact) mass is 270 g/mol. The first kappa shape index (κ1) is 8.70. The second kappa shape index (κ2) is 2.92. The fraction of sp³-hybridized carbons (Fsp3) is 0.143. The second-order valence-corrected chi connectivity index (χ2v) is 3.21. The lowest BCUT2D eigenvalue weighted by molar-refractivity contribution is 0.452. The molecule has 0 saturated carbocycles. The van der Waals surface area contributed by atoms with Crippen molar-refractivity contribution in [2.75, 3.05) is 0 Å². The van der Waals surface area contributed by atoms with Gasteiger partial charge in [-0.25, -0.2) is 8.78 Å². The van der Waals surface area contributed by atoms with Crippen LogP contribution in [0.25, 0.3) is 0 Å². The van der Waals surface area contributed by atoms with Crippen molar-refractivity contribution in [3.8, 4) is 5.75 Å². The lowest BCUT2D eigenvalue weighted by Gasteiger charge is -2.02. The Hall–Kier alpha value is -0.390. The van der Waals surface area contributed by atoms with Crippen LogP contribution in [0.15, 0.2) is 6.07 Å². The van der Waals surface area contributed by atoms with E-state index in [0.717, 1.165) is 6.07 Å².